The lowest BCUT2D eigenvalue weighted by atomic mass is 9.91. The van der Waals surface area contributed by atoms with Crippen LogP contribution >= 0.6 is 0 Å². The number of likely N-dealkylation sites (N-methyl/N-ethyl adjacent to an activating group) is 1. The number of imidazole rings is 1. The predicted molar refractivity (Wildman–Crippen MR) is 141 cm³/mol. The molecule has 6 N–H and O–H groups in total. The van der Waals surface area contributed by atoms with Gasteiger partial charge >= 0.3 is 0 Å². The number of nitrogens with two attached hydrogens (primary N) is 1. The van der Waals surface area contributed by atoms with Gasteiger partial charge in [0.2, 0.25) is 0 Å². The number of hydrogen-bond acceptors (Lipinski definition) is 9. The second-order valence-electron chi connectivity index (χ2n) is 9.09. The minimum Gasteiger partial charge on any atom is -0.387 e. The smallest absolute Gasteiger partial charge is 0.252 e. The zero-order valence-electron chi connectivity index (χ0n) is 20.9. The topological polar surface area (TPSA) is 160 Å². The van der Waals surface area contributed by atoms with Crippen LogP contribution in [0.2, 0.25) is 0 Å². The maximum Gasteiger partial charge on any atom is 0.252 e. The zero-order chi connectivity index (χ0) is 26.6. The van der Waals surface area contributed by atoms with E-state index in [4.69, 9.17) is 10.5 Å². The number of rotatable bonds is 9. The van der Waals surface area contributed by atoms with Crippen LogP contribution in [0.4, 0.5) is 5.82 Å². The Labute approximate surface area is 219 Å². The number of carbonyl (C=O) groups is 1. The van der Waals surface area contributed by atoms with E-state index in [1.165, 1.54) is 10.9 Å². The van der Waals surface area contributed by atoms with Crippen LogP contribution in [0.3, 0.4) is 0 Å². The summed E-state index contributed by atoms with van der Waals surface area (Å²) in [6.07, 6.45) is -3.61. The van der Waals surface area contributed by atoms with Crippen LogP contribution in [0.1, 0.15) is 36.0 Å². The van der Waals surface area contributed by atoms with Crippen molar-refractivity contribution < 1.29 is 19.7 Å². The van der Waals surface area contributed by atoms with E-state index < -0.39 is 30.4 Å². The Balaban J connectivity index is 1.47. The number of amides is 1. The van der Waals surface area contributed by atoms with Crippen molar-refractivity contribution in [2.24, 2.45) is 5.73 Å². The highest BCUT2D eigenvalue weighted by Crippen LogP contribution is 2.33. The van der Waals surface area contributed by atoms with Gasteiger partial charge in [-0.25, -0.2) is 15.0 Å². The summed E-state index contributed by atoms with van der Waals surface area (Å²) in [5.74, 6) is 0.391. The summed E-state index contributed by atoms with van der Waals surface area (Å²) in [6, 6.07) is 20.4. The SMILES string of the molecule is CCNC(=O)[C@H]1O[C@@H](n2cnc3c(NCC(c4ccccc4)c4ccccc4)nc(CN)nc32)[C@H](O)[C@@H]1O. The minimum absolute atomic E-state index is 0.0406. The van der Waals surface area contributed by atoms with Gasteiger partial charge in [0.1, 0.15) is 18.0 Å². The van der Waals surface area contributed by atoms with E-state index in [0.29, 0.717) is 35.9 Å². The molecule has 1 fully saturated rings. The normalized spacial score (nSPS) is 21.2. The molecule has 0 spiro atoms. The molecule has 5 rings (SSSR count). The summed E-state index contributed by atoms with van der Waals surface area (Å²) >= 11 is 0. The van der Waals surface area contributed by atoms with Crippen LogP contribution in [-0.4, -0.2) is 67.0 Å². The van der Waals surface area contributed by atoms with E-state index in [1.807, 2.05) is 36.4 Å². The Morgan fingerprint density at radius 2 is 1.71 bits per heavy atom. The fourth-order valence-corrected chi connectivity index (χ4v) is 4.74. The van der Waals surface area contributed by atoms with Crippen molar-refractivity contribution in [1.29, 1.82) is 0 Å². The van der Waals surface area contributed by atoms with E-state index in [0.717, 1.165) is 11.1 Å². The number of fused-ring (bicyclic) bond motifs is 1. The van der Waals surface area contributed by atoms with Crippen molar-refractivity contribution in [2.75, 3.05) is 18.4 Å². The lowest BCUT2D eigenvalue weighted by molar-refractivity contribution is -0.137. The van der Waals surface area contributed by atoms with Gasteiger partial charge in [0.15, 0.2) is 29.3 Å². The van der Waals surface area contributed by atoms with E-state index in [-0.39, 0.29) is 12.5 Å². The zero-order valence-corrected chi connectivity index (χ0v) is 20.9. The Morgan fingerprint density at radius 1 is 1.05 bits per heavy atom. The van der Waals surface area contributed by atoms with Gasteiger partial charge in [-0.05, 0) is 18.1 Å². The summed E-state index contributed by atoms with van der Waals surface area (Å²) in [4.78, 5) is 25.9. The van der Waals surface area contributed by atoms with Crippen molar-refractivity contribution in [3.8, 4) is 0 Å². The van der Waals surface area contributed by atoms with Crippen LogP contribution < -0.4 is 16.4 Å². The molecule has 2 aromatic heterocycles. The van der Waals surface area contributed by atoms with Crippen molar-refractivity contribution in [2.45, 2.75) is 43.9 Å². The monoisotopic (exact) mass is 517 g/mol. The molecular weight excluding hydrogens is 486 g/mol. The van der Waals surface area contributed by atoms with E-state index >= 15 is 0 Å². The third kappa shape index (κ3) is 4.96. The number of nitrogens with one attached hydrogen (secondary N) is 2. The fourth-order valence-electron chi connectivity index (χ4n) is 4.74. The van der Waals surface area contributed by atoms with Gasteiger partial charge in [0, 0.05) is 19.0 Å². The third-order valence-electron chi connectivity index (χ3n) is 6.65. The number of aromatic nitrogens is 4. The molecule has 0 unspecified atom stereocenters. The molecule has 0 radical (unpaired) electrons. The highest BCUT2D eigenvalue weighted by molar-refractivity contribution is 5.84. The molecule has 11 nitrogen and oxygen atoms in total. The molecular formula is C27H31N7O4. The van der Waals surface area contributed by atoms with Gasteiger partial charge < -0.3 is 31.3 Å². The van der Waals surface area contributed by atoms with Gasteiger partial charge in [-0.1, -0.05) is 60.7 Å². The fraction of sp³-hybridized carbons (Fsp3) is 0.333. The van der Waals surface area contributed by atoms with Crippen molar-refractivity contribution in [1.82, 2.24) is 24.8 Å². The number of benzene rings is 2. The molecule has 11 heteroatoms. The first kappa shape index (κ1) is 25.7. The number of ether oxygens (including phenoxy) is 1. The van der Waals surface area contributed by atoms with Gasteiger partial charge in [-0.2, -0.15) is 0 Å². The van der Waals surface area contributed by atoms with Gasteiger partial charge in [-0.3, -0.25) is 9.36 Å². The Kier molecular flexibility index (Phi) is 7.61. The van der Waals surface area contributed by atoms with Crippen LogP contribution in [-0.2, 0) is 16.1 Å². The molecule has 1 aliphatic heterocycles. The summed E-state index contributed by atoms with van der Waals surface area (Å²) < 4.78 is 7.28. The number of anilines is 1. The largest absolute Gasteiger partial charge is 0.387 e. The number of carbonyl (C=O) groups excluding carboxylic acids is 1. The highest BCUT2D eigenvalue weighted by atomic mass is 16.6. The van der Waals surface area contributed by atoms with E-state index in [1.54, 1.807) is 6.92 Å². The molecule has 0 saturated carbocycles. The molecule has 3 heterocycles. The minimum atomic E-state index is -1.41. The molecule has 4 aromatic rings. The first-order valence-corrected chi connectivity index (χ1v) is 12.6. The van der Waals surface area contributed by atoms with E-state index in [9.17, 15) is 15.0 Å². The number of hydrogen-bond donors (Lipinski definition) is 5. The number of aliphatic hydroxyl groups is 2. The lowest BCUT2D eigenvalue weighted by Crippen LogP contribution is -2.42. The highest BCUT2D eigenvalue weighted by Gasteiger charge is 2.47. The molecule has 198 valence electrons. The molecule has 1 aliphatic rings. The standard InChI is InChI=1S/C27H31N7O4/c1-2-29-26(37)23-21(35)22(36)27(38-23)34-15-31-20-24(32-19(13-28)33-25(20)34)30-14-18(16-9-5-3-6-10-16)17-11-7-4-8-12-17/h3-12,15,18,21-23,27,35-36H,2,13-14,28H2,1H3,(H,29,37)(H,30,32,33)/t21-,22+,23-,27+/m0/s1. The number of aliphatic hydroxyl groups excluding tert-OH is 2. The number of nitrogens with zero attached hydrogens (tertiary/aromatic N) is 4. The van der Waals surface area contributed by atoms with Crippen molar-refractivity contribution in [3.05, 3.63) is 83.9 Å². The van der Waals surface area contributed by atoms with Crippen LogP contribution in [0, 0.1) is 0 Å². The average molecular weight is 518 g/mol. The first-order valence-electron chi connectivity index (χ1n) is 12.6. The lowest BCUT2D eigenvalue weighted by Gasteiger charge is -2.20. The molecule has 1 saturated heterocycles. The van der Waals surface area contributed by atoms with Crippen LogP contribution in [0.15, 0.2) is 67.0 Å². The molecule has 2 aromatic carbocycles. The Hall–Kier alpha value is -3.90. The second kappa shape index (κ2) is 11.2. The van der Waals surface area contributed by atoms with Gasteiger partial charge in [0.25, 0.3) is 5.91 Å². The summed E-state index contributed by atoms with van der Waals surface area (Å²) in [5.41, 5.74) is 9.02. The average Bonchev–Trinajstić information content (AvgIpc) is 3.50. The Morgan fingerprint density at radius 3 is 2.32 bits per heavy atom. The maximum atomic E-state index is 12.3. The molecule has 38 heavy (non-hydrogen) atoms. The summed E-state index contributed by atoms with van der Waals surface area (Å²) in [5, 5.41) is 27.2. The Bertz CT molecular complexity index is 1340. The predicted octanol–water partition coefficient (Wildman–Crippen LogP) is 1.28. The molecule has 4 atom stereocenters. The summed E-state index contributed by atoms with van der Waals surface area (Å²) in [6.45, 7) is 2.73. The molecule has 0 aliphatic carbocycles. The van der Waals surface area contributed by atoms with Crippen molar-refractivity contribution in [3.63, 3.8) is 0 Å². The first-order chi connectivity index (χ1) is 18.5. The van der Waals surface area contributed by atoms with E-state index in [2.05, 4.69) is 49.9 Å². The summed E-state index contributed by atoms with van der Waals surface area (Å²) in [7, 11) is 0. The van der Waals surface area contributed by atoms with Crippen LogP contribution in [0.25, 0.3) is 11.2 Å². The van der Waals surface area contributed by atoms with Crippen molar-refractivity contribution >= 4 is 22.9 Å². The van der Waals surface area contributed by atoms with Gasteiger partial charge in [0.05, 0.1) is 12.9 Å². The maximum absolute atomic E-state index is 12.3. The third-order valence-corrected chi connectivity index (χ3v) is 6.65. The van der Waals surface area contributed by atoms with Crippen LogP contribution in [0.5, 0.6) is 0 Å². The molecule has 0 bridgehead atoms. The van der Waals surface area contributed by atoms with Gasteiger partial charge in [-0.15, -0.1) is 0 Å². The second-order valence-corrected chi connectivity index (χ2v) is 9.09. The quantitative estimate of drug-likeness (QED) is 0.220. The molecule has 1 amide bonds.